The van der Waals surface area contributed by atoms with Crippen LogP contribution in [0.2, 0.25) is 0 Å². The van der Waals surface area contributed by atoms with Crippen molar-refractivity contribution in [2.75, 3.05) is 6.54 Å². The SMILES string of the molecule is CC(N)C(=O)NC(C)C(=O)NC(CCCCN)C(=O)NC(CCC(=O)O)C(=O)O. The molecule has 0 saturated heterocycles. The first-order valence-electron chi connectivity index (χ1n) is 9.30. The average molecular weight is 417 g/mol. The Labute approximate surface area is 168 Å². The van der Waals surface area contributed by atoms with Gasteiger partial charge in [-0.25, -0.2) is 4.79 Å². The van der Waals surface area contributed by atoms with Crippen LogP contribution in [0.25, 0.3) is 0 Å². The van der Waals surface area contributed by atoms with E-state index in [0.29, 0.717) is 19.4 Å². The van der Waals surface area contributed by atoms with E-state index in [2.05, 4.69) is 16.0 Å². The van der Waals surface area contributed by atoms with Crippen molar-refractivity contribution in [3.05, 3.63) is 0 Å². The highest BCUT2D eigenvalue weighted by Gasteiger charge is 2.28. The molecular formula is C17H31N5O7. The number of carboxylic acid groups (broad SMARTS) is 2. The topological polar surface area (TPSA) is 214 Å². The number of carboxylic acids is 2. The molecule has 0 fully saturated rings. The minimum absolute atomic E-state index is 0.188. The molecule has 29 heavy (non-hydrogen) atoms. The van der Waals surface area contributed by atoms with Gasteiger partial charge in [-0.2, -0.15) is 0 Å². The summed E-state index contributed by atoms with van der Waals surface area (Å²) in [6, 6.07) is -4.28. The third-order valence-electron chi connectivity index (χ3n) is 4.01. The summed E-state index contributed by atoms with van der Waals surface area (Å²) in [4.78, 5) is 58.4. The Bertz CT molecular complexity index is 597. The number of hydrogen-bond acceptors (Lipinski definition) is 7. The van der Waals surface area contributed by atoms with Crippen LogP contribution in [0.15, 0.2) is 0 Å². The molecule has 0 aromatic heterocycles. The van der Waals surface area contributed by atoms with Gasteiger partial charge in [-0.3, -0.25) is 19.2 Å². The summed E-state index contributed by atoms with van der Waals surface area (Å²) in [6.45, 7) is 3.24. The van der Waals surface area contributed by atoms with Crippen LogP contribution < -0.4 is 27.4 Å². The van der Waals surface area contributed by atoms with Gasteiger partial charge in [-0.15, -0.1) is 0 Å². The number of unbranched alkanes of at least 4 members (excludes halogenated alkanes) is 1. The standard InChI is InChI=1S/C17H31N5O7/c1-9(19)14(25)20-10(2)15(26)21-11(5-3-4-8-18)16(27)22-12(17(28)29)6-7-13(23)24/h9-12H,3-8,18-19H2,1-2H3,(H,20,25)(H,21,26)(H,22,27)(H,23,24)(H,28,29). The fourth-order valence-electron chi connectivity index (χ4n) is 2.27. The van der Waals surface area contributed by atoms with Gasteiger partial charge in [0.05, 0.1) is 6.04 Å². The van der Waals surface area contributed by atoms with Gasteiger partial charge in [0.25, 0.3) is 0 Å². The van der Waals surface area contributed by atoms with Crippen molar-refractivity contribution in [2.24, 2.45) is 11.5 Å². The number of carbonyl (C=O) groups is 5. The lowest BCUT2D eigenvalue weighted by atomic mass is 10.1. The smallest absolute Gasteiger partial charge is 0.326 e. The van der Waals surface area contributed by atoms with Crippen LogP contribution >= 0.6 is 0 Å². The van der Waals surface area contributed by atoms with E-state index in [-0.39, 0.29) is 12.8 Å². The number of nitrogens with two attached hydrogens (primary N) is 2. The highest BCUT2D eigenvalue weighted by atomic mass is 16.4. The molecule has 0 aliphatic rings. The van der Waals surface area contributed by atoms with Crippen LogP contribution in [-0.4, -0.2) is 70.6 Å². The largest absolute Gasteiger partial charge is 0.481 e. The average Bonchev–Trinajstić information content (AvgIpc) is 2.63. The molecule has 0 radical (unpaired) electrons. The number of nitrogens with one attached hydrogen (secondary N) is 3. The molecule has 4 unspecified atom stereocenters. The van der Waals surface area contributed by atoms with Crippen molar-refractivity contribution >= 4 is 29.7 Å². The molecule has 9 N–H and O–H groups in total. The van der Waals surface area contributed by atoms with Gasteiger partial charge in [-0.1, -0.05) is 0 Å². The molecule has 4 atom stereocenters. The molecule has 166 valence electrons. The molecule has 12 nitrogen and oxygen atoms in total. The molecule has 0 saturated carbocycles. The molecule has 0 heterocycles. The Hall–Kier alpha value is -2.73. The van der Waals surface area contributed by atoms with E-state index >= 15 is 0 Å². The van der Waals surface area contributed by atoms with E-state index in [4.69, 9.17) is 16.6 Å². The third-order valence-corrected chi connectivity index (χ3v) is 4.01. The normalized spacial score (nSPS) is 14.8. The van der Waals surface area contributed by atoms with E-state index in [9.17, 15) is 29.1 Å². The van der Waals surface area contributed by atoms with E-state index in [1.807, 2.05) is 0 Å². The van der Waals surface area contributed by atoms with Crippen LogP contribution in [-0.2, 0) is 24.0 Å². The van der Waals surface area contributed by atoms with Crippen molar-refractivity contribution in [1.82, 2.24) is 16.0 Å². The first kappa shape index (κ1) is 26.3. The Balaban J connectivity index is 5.10. The molecular weight excluding hydrogens is 386 g/mol. The minimum atomic E-state index is -1.41. The highest BCUT2D eigenvalue weighted by molar-refractivity contribution is 5.93. The van der Waals surface area contributed by atoms with Crippen LogP contribution in [0.3, 0.4) is 0 Å². The summed E-state index contributed by atoms with van der Waals surface area (Å²) >= 11 is 0. The molecule has 0 bridgehead atoms. The Morgan fingerprint density at radius 1 is 0.828 bits per heavy atom. The number of aliphatic carboxylic acids is 2. The van der Waals surface area contributed by atoms with Gasteiger partial charge >= 0.3 is 11.9 Å². The zero-order chi connectivity index (χ0) is 22.6. The molecule has 0 spiro atoms. The zero-order valence-electron chi connectivity index (χ0n) is 16.6. The van der Waals surface area contributed by atoms with Crippen molar-refractivity contribution < 1.29 is 34.2 Å². The molecule has 0 aliphatic heterocycles. The van der Waals surface area contributed by atoms with E-state index < -0.39 is 60.2 Å². The lowest BCUT2D eigenvalue weighted by Gasteiger charge is -2.23. The third kappa shape index (κ3) is 11.0. The molecule has 0 aromatic rings. The summed E-state index contributed by atoms with van der Waals surface area (Å²) < 4.78 is 0. The summed E-state index contributed by atoms with van der Waals surface area (Å²) in [7, 11) is 0. The maximum atomic E-state index is 12.5. The molecule has 12 heteroatoms. The monoisotopic (exact) mass is 417 g/mol. The van der Waals surface area contributed by atoms with Crippen molar-refractivity contribution in [1.29, 1.82) is 0 Å². The van der Waals surface area contributed by atoms with Crippen LogP contribution in [0.4, 0.5) is 0 Å². The van der Waals surface area contributed by atoms with Gasteiger partial charge in [0.1, 0.15) is 18.1 Å². The Morgan fingerprint density at radius 2 is 1.41 bits per heavy atom. The van der Waals surface area contributed by atoms with E-state index in [1.54, 1.807) is 0 Å². The second-order valence-electron chi connectivity index (χ2n) is 6.70. The first-order valence-corrected chi connectivity index (χ1v) is 9.30. The fourth-order valence-corrected chi connectivity index (χ4v) is 2.27. The summed E-state index contributed by atoms with van der Waals surface area (Å²) in [5.41, 5.74) is 10.9. The lowest BCUT2D eigenvalue weighted by Crippen LogP contribution is -2.56. The van der Waals surface area contributed by atoms with E-state index in [1.165, 1.54) is 13.8 Å². The number of carbonyl (C=O) groups excluding carboxylic acids is 3. The predicted octanol–water partition coefficient (Wildman–Crippen LogP) is -2.11. The number of hydrogen-bond donors (Lipinski definition) is 7. The summed E-state index contributed by atoms with van der Waals surface area (Å²) in [5.74, 6) is -4.54. The Kier molecular flexibility index (Phi) is 12.2. The molecule has 0 aromatic carbocycles. The van der Waals surface area contributed by atoms with Crippen LogP contribution in [0, 0.1) is 0 Å². The van der Waals surface area contributed by atoms with Crippen LogP contribution in [0.5, 0.6) is 0 Å². The van der Waals surface area contributed by atoms with Crippen LogP contribution in [0.1, 0.15) is 46.0 Å². The second kappa shape index (κ2) is 13.4. The van der Waals surface area contributed by atoms with E-state index in [0.717, 1.165) is 0 Å². The molecule has 0 aliphatic carbocycles. The predicted molar refractivity (Wildman–Crippen MR) is 103 cm³/mol. The molecule has 0 rings (SSSR count). The molecule has 3 amide bonds. The maximum absolute atomic E-state index is 12.5. The second-order valence-corrected chi connectivity index (χ2v) is 6.70. The van der Waals surface area contributed by atoms with Gasteiger partial charge in [0.15, 0.2) is 0 Å². The Morgan fingerprint density at radius 3 is 1.90 bits per heavy atom. The van der Waals surface area contributed by atoms with Crippen molar-refractivity contribution in [3.8, 4) is 0 Å². The zero-order valence-corrected chi connectivity index (χ0v) is 16.6. The summed E-state index contributed by atoms with van der Waals surface area (Å²) in [6.07, 6.45) is 0.511. The number of amides is 3. The quantitative estimate of drug-likeness (QED) is 0.154. The van der Waals surface area contributed by atoms with Crippen molar-refractivity contribution in [2.45, 2.75) is 70.1 Å². The fraction of sp³-hybridized carbons (Fsp3) is 0.706. The first-order chi connectivity index (χ1) is 13.5. The van der Waals surface area contributed by atoms with Gasteiger partial charge in [-0.05, 0) is 46.1 Å². The highest BCUT2D eigenvalue weighted by Crippen LogP contribution is 2.05. The van der Waals surface area contributed by atoms with Crippen molar-refractivity contribution in [3.63, 3.8) is 0 Å². The summed E-state index contributed by atoms with van der Waals surface area (Å²) in [5, 5.41) is 25.0. The maximum Gasteiger partial charge on any atom is 0.326 e. The number of rotatable bonds is 14. The van der Waals surface area contributed by atoms with Gasteiger partial charge in [0, 0.05) is 6.42 Å². The minimum Gasteiger partial charge on any atom is -0.481 e. The van der Waals surface area contributed by atoms with Gasteiger partial charge in [0.2, 0.25) is 17.7 Å². The van der Waals surface area contributed by atoms with Gasteiger partial charge < -0.3 is 37.6 Å². The lowest BCUT2D eigenvalue weighted by molar-refractivity contribution is -0.143.